The van der Waals surface area contributed by atoms with E-state index in [4.69, 9.17) is 77.4 Å². The number of aromatic nitrogens is 8. The fourth-order valence-corrected chi connectivity index (χ4v) is 9.72. The fraction of sp³-hybridized carbons (Fsp3) is 0.455. The van der Waals surface area contributed by atoms with Crippen LogP contribution in [0.15, 0.2) is 48.8 Å². The van der Waals surface area contributed by atoms with Crippen molar-refractivity contribution in [1.29, 1.82) is 0 Å². The number of esters is 2. The maximum Gasteiger partial charge on any atom is 0.361 e. The maximum atomic E-state index is 12.8. The minimum absolute atomic E-state index is 0.0814. The minimum atomic E-state index is -0.572. The van der Waals surface area contributed by atoms with Crippen molar-refractivity contribution in [1.82, 2.24) is 44.4 Å². The number of fused-ring (bicyclic) bond motifs is 2. The van der Waals surface area contributed by atoms with Gasteiger partial charge in [-0.05, 0) is 101 Å². The van der Waals surface area contributed by atoms with Crippen molar-refractivity contribution in [3.63, 3.8) is 0 Å². The topological polar surface area (TPSA) is 146 Å². The molecule has 2 aliphatic heterocycles. The van der Waals surface area contributed by atoms with Crippen molar-refractivity contribution < 1.29 is 19.1 Å². The SMILES string of the molecule is CCOC(=O)c1nn(C(C)c2ccc(Cl)cc2Cl)c2nc(Cl)cnc12.CCOC(=O)c1nn(C(C)c2ccc(Cl)cc2Cl)c2nc(N3CCC(N4CCCCC4)C(CC)C3)cnc12. The largest absolute Gasteiger partial charge is 0.461 e. The summed E-state index contributed by atoms with van der Waals surface area (Å²) in [4.78, 5) is 48.2. The van der Waals surface area contributed by atoms with Gasteiger partial charge in [-0.3, -0.25) is 4.90 Å². The highest BCUT2D eigenvalue weighted by atomic mass is 35.5. The Balaban J connectivity index is 0.000000206. The van der Waals surface area contributed by atoms with Gasteiger partial charge in [-0.15, -0.1) is 0 Å². The second-order valence-corrected chi connectivity index (χ2v) is 17.6. The number of halogens is 5. The molecule has 63 heavy (non-hydrogen) atoms. The molecule has 2 saturated heterocycles. The zero-order chi connectivity index (χ0) is 44.9. The first-order chi connectivity index (χ1) is 30.3. The number of carbonyl (C=O) groups excluding carboxylic acids is 2. The first-order valence-corrected chi connectivity index (χ1v) is 23.1. The molecule has 0 aliphatic carbocycles. The van der Waals surface area contributed by atoms with Crippen LogP contribution in [-0.2, 0) is 9.47 Å². The van der Waals surface area contributed by atoms with E-state index in [9.17, 15) is 9.59 Å². The third-order valence-corrected chi connectivity index (χ3v) is 13.0. The van der Waals surface area contributed by atoms with Crippen LogP contribution in [0, 0.1) is 5.92 Å². The number of hydrogen-bond donors (Lipinski definition) is 0. The van der Waals surface area contributed by atoms with E-state index in [1.807, 2.05) is 19.9 Å². The minimum Gasteiger partial charge on any atom is -0.461 e. The van der Waals surface area contributed by atoms with Crippen LogP contribution in [0.4, 0.5) is 5.82 Å². The van der Waals surface area contributed by atoms with Crippen LogP contribution in [0.2, 0.25) is 25.2 Å². The number of nitrogens with zero attached hydrogens (tertiary/aromatic N) is 10. The summed E-state index contributed by atoms with van der Waals surface area (Å²) in [7, 11) is 0. The van der Waals surface area contributed by atoms with E-state index in [1.165, 1.54) is 38.5 Å². The molecule has 6 aromatic rings. The van der Waals surface area contributed by atoms with Gasteiger partial charge in [0.1, 0.15) is 22.0 Å². The number of ether oxygens (including phenoxy) is 2. The third kappa shape index (κ3) is 10.2. The summed E-state index contributed by atoms with van der Waals surface area (Å²) in [5.41, 5.74) is 3.50. The molecule has 0 spiro atoms. The molecule has 8 rings (SSSR count). The Bertz CT molecular complexity index is 2600. The molecule has 4 unspecified atom stereocenters. The number of piperidine rings is 2. The van der Waals surface area contributed by atoms with Crippen molar-refractivity contribution in [2.45, 2.75) is 84.8 Å². The number of hydrogen-bond acceptors (Lipinski definition) is 12. The molecular weight excluding hydrogens is 910 g/mol. The van der Waals surface area contributed by atoms with E-state index in [0.29, 0.717) is 54.4 Å². The van der Waals surface area contributed by atoms with E-state index >= 15 is 0 Å². The van der Waals surface area contributed by atoms with Crippen LogP contribution in [-0.4, -0.2) is 102 Å². The van der Waals surface area contributed by atoms with E-state index in [0.717, 1.165) is 42.9 Å². The normalized spacial score (nSPS) is 17.9. The molecule has 0 bridgehead atoms. The monoisotopic (exact) mass is 956 g/mol. The van der Waals surface area contributed by atoms with Gasteiger partial charge in [0.25, 0.3) is 0 Å². The van der Waals surface area contributed by atoms with Crippen LogP contribution >= 0.6 is 58.0 Å². The summed E-state index contributed by atoms with van der Waals surface area (Å²) in [6.07, 6.45) is 9.34. The van der Waals surface area contributed by atoms with Crippen LogP contribution in [0.5, 0.6) is 0 Å². The van der Waals surface area contributed by atoms with Crippen molar-refractivity contribution >= 4 is 98.1 Å². The highest BCUT2D eigenvalue weighted by molar-refractivity contribution is 6.35. The van der Waals surface area contributed by atoms with Gasteiger partial charge in [-0.25, -0.2) is 38.9 Å². The molecular formula is C44H49Cl5N10O4. The van der Waals surface area contributed by atoms with Gasteiger partial charge in [0.2, 0.25) is 0 Å². The number of anilines is 1. The molecule has 4 aromatic heterocycles. The number of benzene rings is 2. The lowest BCUT2D eigenvalue weighted by Gasteiger charge is -2.45. The fourth-order valence-electron chi connectivity index (χ4n) is 8.46. The maximum absolute atomic E-state index is 12.8. The zero-order valence-electron chi connectivity index (χ0n) is 35.7. The Morgan fingerprint density at radius 1 is 0.714 bits per heavy atom. The predicted octanol–water partition coefficient (Wildman–Crippen LogP) is 10.6. The van der Waals surface area contributed by atoms with E-state index in [2.05, 4.69) is 36.9 Å². The summed E-state index contributed by atoms with van der Waals surface area (Å²) in [6, 6.07) is 10.5. The molecule has 14 nitrogen and oxygen atoms in total. The summed E-state index contributed by atoms with van der Waals surface area (Å²) >= 11 is 30.9. The van der Waals surface area contributed by atoms with Gasteiger partial charge >= 0.3 is 11.9 Å². The molecule has 6 heterocycles. The third-order valence-electron chi connectivity index (χ3n) is 11.7. The van der Waals surface area contributed by atoms with Crippen molar-refractivity contribution in [3.05, 3.63) is 96.6 Å². The molecule has 0 amide bonds. The first kappa shape index (κ1) is 46.7. The molecule has 2 fully saturated rings. The van der Waals surface area contributed by atoms with Crippen LogP contribution in [0.1, 0.15) is 111 Å². The lowest BCUT2D eigenvalue weighted by molar-refractivity contribution is 0.0510. The Morgan fingerprint density at radius 2 is 1.24 bits per heavy atom. The molecule has 334 valence electrons. The molecule has 0 N–H and O–H groups in total. The van der Waals surface area contributed by atoms with Gasteiger partial charge in [0.15, 0.2) is 22.7 Å². The first-order valence-electron chi connectivity index (χ1n) is 21.2. The molecule has 4 atom stereocenters. The lowest BCUT2D eigenvalue weighted by Crippen LogP contribution is -2.52. The van der Waals surface area contributed by atoms with E-state index in [1.54, 1.807) is 59.7 Å². The smallest absolute Gasteiger partial charge is 0.361 e. The Labute approximate surface area is 391 Å². The summed E-state index contributed by atoms with van der Waals surface area (Å²) < 4.78 is 13.6. The predicted molar refractivity (Wildman–Crippen MR) is 248 cm³/mol. The van der Waals surface area contributed by atoms with Crippen LogP contribution in [0.25, 0.3) is 22.3 Å². The van der Waals surface area contributed by atoms with E-state index in [-0.39, 0.29) is 41.8 Å². The van der Waals surface area contributed by atoms with Crippen molar-refractivity contribution in [2.24, 2.45) is 5.92 Å². The second kappa shape index (κ2) is 20.7. The lowest BCUT2D eigenvalue weighted by atomic mass is 9.87. The molecule has 2 aliphatic rings. The highest BCUT2D eigenvalue weighted by Crippen LogP contribution is 2.34. The number of carbonyl (C=O) groups is 2. The Hall–Kier alpha value is -4.31. The molecule has 0 saturated carbocycles. The van der Waals surface area contributed by atoms with Crippen LogP contribution in [0.3, 0.4) is 0 Å². The van der Waals surface area contributed by atoms with Crippen molar-refractivity contribution in [2.75, 3.05) is 44.3 Å². The Morgan fingerprint density at radius 3 is 1.75 bits per heavy atom. The van der Waals surface area contributed by atoms with Crippen LogP contribution < -0.4 is 4.90 Å². The highest BCUT2D eigenvalue weighted by Gasteiger charge is 2.34. The quantitative estimate of drug-likeness (QED) is 0.114. The molecule has 2 aromatic carbocycles. The van der Waals surface area contributed by atoms with Gasteiger partial charge in [0.05, 0.1) is 37.7 Å². The van der Waals surface area contributed by atoms with Gasteiger partial charge in [-0.1, -0.05) is 89.9 Å². The second-order valence-electron chi connectivity index (χ2n) is 15.5. The Kier molecular flexibility index (Phi) is 15.3. The molecule has 19 heteroatoms. The average Bonchev–Trinajstić information content (AvgIpc) is 3.85. The number of likely N-dealkylation sites (tertiary alicyclic amines) is 1. The van der Waals surface area contributed by atoms with Gasteiger partial charge < -0.3 is 14.4 Å². The number of rotatable bonds is 11. The summed E-state index contributed by atoms with van der Waals surface area (Å²) in [5, 5.41) is 11.3. The zero-order valence-corrected chi connectivity index (χ0v) is 39.5. The average molecular weight is 959 g/mol. The molecule has 0 radical (unpaired) electrons. The van der Waals surface area contributed by atoms with Gasteiger partial charge in [0, 0.05) is 39.2 Å². The van der Waals surface area contributed by atoms with Gasteiger partial charge in [-0.2, -0.15) is 10.2 Å². The van der Waals surface area contributed by atoms with E-state index < -0.39 is 11.9 Å². The summed E-state index contributed by atoms with van der Waals surface area (Å²) in [5.74, 6) is 0.295. The standard InChI is InChI=1S/C28H36Cl2N6O2.C16H13Cl3N4O2/c1-4-19-17-35(14-11-23(19)34-12-7-6-8-13-34)24-16-31-25-26(28(37)38-5-2)33-36(27(25)32-24)18(3)21-10-9-20(29)15-22(21)30;1-3-25-16(24)14-13-15(21-12(19)7-20-13)23(22-14)8(2)10-5-4-9(17)6-11(10)18/h9-10,15-16,18-19,23H,4-8,11-14,17H2,1-3H3;4-8H,3H2,1-2H3. The summed E-state index contributed by atoms with van der Waals surface area (Å²) in [6.45, 7) is 14.4. The van der Waals surface area contributed by atoms with Crippen molar-refractivity contribution in [3.8, 4) is 0 Å².